The molecule has 1 aromatic carbocycles. The average Bonchev–Trinajstić information content (AvgIpc) is 3.06. The van der Waals surface area contributed by atoms with Gasteiger partial charge in [0.05, 0.1) is 6.61 Å². The summed E-state index contributed by atoms with van der Waals surface area (Å²) in [7, 11) is 0. The summed E-state index contributed by atoms with van der Waals surface area (Å²) < 4.78 is 22.1. The minimum absolute atomic E-state index is 0.0258. The van der Waals surface area contributed by atoms with Gasteiger partial charge in [0, 0.05) is 38.6 Å². The maximum Gasteiger partial charge on any atom is 0.303 e. The van der Waals surface area contributed by atoms with Gasteiger partial charge in [-0.05, 0) is 37.1 Å². The number of Topliss-reactive ketones (excluding diaryl/α,β-unsaturated/α-hetero) is 1. The van der Waals surface area contributed by atoms with Gasteiger partial charge in [0.15, 0.2) is 30.3 Å². The van der Waals surface area contributed by atoms with E-state index in [0.29, 0.717) is 18.5 Å². The number of hydrogen-bond donors (Lipinski definition) is 0. The van der Waals surface area contributed by atoms with Gasteiger partial charge in [0.1, 0.15) is 0 Å². The molecule has 9 heteroatoms. The van der Waals surface area contributed by atoms with Crippen molar-refractivity contribution in [1.82, 2.24) is 0 Å². The molecule has 0 spiro atoms. The van der Waals surface area contributed by atoms with E-state index in [1.165, 1.54) is 27.7 Å². The monoisotopic (exact) mass is 419 g/mol. The van der Waals surface area contributed by atoms with E-state index < -0.39 is 42.4 Å². The van der Waals surface area contributed by atoms with Crippen LogP contribution in [0.5, 0.6) is 0 Å². The molecular formula is C21H25NO8. The first-order valence-corrected chi connectivity index (χ1v) is 9.71. The van der Waals surface area contributed by atoms with Crippen LogP contribution in [0, 0.1) is 0 Å². The van der Waals surface area contributed by atoms with Crippen molar-refractivity contribution in [2.24, 2.45) is 0 Å². The van der Waals surface area contributed by atoms with Crippen molar-refractivity contribution < 1.29 is 38.1 Å². The van der Waals surface area contributed by atoms with Gasteiger partial charge in [-0.2, -0.15) is 0 Å². The van der Waals surface area contributed by atoms with E-state index in [4.69, 9.17) is 18.9 Å². The number of nitrogens with zero attached hydrogens (tertiary/aromatic N) is 1. The van der Waals surface area contributed by atoms with Crippen molar-refractivity contribution in [3.63, 3.8) is 0 Å². The van der Waals surface area contributed by atoms with Crippen LogP contribution in [0.4, 0.5) is 5.69 Å². The largest absolute Gasteiger partial charge is 0.456 e. The molecule has 1 aromatic rings. The molecule has 0 unspecified atom stereocenters. The Bertz CT molecular complexity index is 867. The number of ether oxygens (including phenoxy) is 4. The summed E-state index contributed by atoms with van der Waals surface area (Å²) in [4.78, 5) is 48.6. The second-order valence-corrected chi connectivity index (χ2v) is 7.36. The van der Waals surface area contributed by atoms with Crippen molar-refractivity contribution in [2.75, 3.05) is 18.1 Å². The molecule has 0 radical (unpaired) electrons. The average molecular weight is 419 g/mol. The smallest absolute Gasteiger partial charge is 0.303 e. The second kappa shape index (κ2) is 8.83. The predicted molar refractivity (Wildman–Crippen MR) is 104 cm³/mol. The van der Waals surface area contributed by atoms with Crippen molar-refractivity contribution in [3.8, 4) is 0 Å². The molecule has 0 aliphatic carbocycles. The number of hydrogen-bond acceptors (Lipinski definition) is 9. The molecule has 1 fully saturated rings. The van der Waals surface area contributed by atoms with E-state index in [9.17, 15) is 19.2 Å². The Labute approximate surface area is 174 Å². The standard InChI is InChI=1S/C21H25NO8/c1-11(23)15-5-6-17-16(9-15)7-8-22(17)21-20(30-14(4)26)19(29-13(3)25)18(10-27-21)28-12(2)24/h5-6,9,18-21H,7-8,10H2,1-4H3/t18-,19-,20+,21+/m0/s1. The number of esters is 3. The van der Waals surface area contributed by atoms with Gasteiger partial charge in [-0.1, -0.05) is 0 Å². The van der Waals surface area contributed by atoms with Crippen LogP contribution in [0.2, 0.25) is 0 Å². The Morgan fingerprint density at radius 3 is 2.17 bits per heavy atom. The van der Waals surface area contributed by atoms with E-state index in [-0.39, 0.29) is 12.4 Å². The number of anilines is 1. The number of rotatable bonds is 5. The van der Waals surface area contributed by atoms with Gasteiger partial charge < -0.3 is 23.8 Å². The maximum atomic E-state index is 11.8. The first-order chi connectivity index (χ1) is 14.2. The summed E-state index contributed by atoms with van der Waals surface area (Å²) in [6.45, 7) is 5.75. The SMILES string of the molecule is CC(=O)O[C@@H]1[C@@H](OC(C)=O)[C@H](N2CCc3cc(C(C)=O)ccc32)OC[C@@H]1OC(C)=O. The highest BCUT2D eigenvalue weighted by atomic mass is 16.6. The maximum absolute atomic E-state index is 11.8. The summed E-state index contributed by atoms with van der Waals surface area (Å²) in [5.74, 6) is -1.77. The molecule has 2 aliphatic rings. The van der Waals surface area contributed by atoms with Gasteiger partial charge in [-0.25, -0.2) is 0 Å². The van der Waals surface area contributed by atoms with Crippen LogP contribution in [-0.4, -0.2) is 61.4 Å². The molecular weight excluding hydrogens is 394 g/mol. The van der Waals surface area contributed by atoms with Crippen molar-refractivity contribution >= 4 is 29.4 Å². The van der Waals surface area contributed by atoms with Gasteiger partial charge in [0.2, 0.25) is 0 Å². The first-order valence-electron chi connectivity index (χ1n) is 9.71. The zero-order valence-corrected chi connectivity index (χ0v) is 17.4. The topological polar surface area (TPSA) is 108 Å². The number of carbonyl (C=O) groups is 4. The molecule has 0 aromatic heterocycles. The van der Waals surface area contributed by atoms with Crippen LogP contribution in [0.1, 0.15) is 43.6 Å². The molecule has 2 heterocycles. The fourth-order valence-electron chi connectivity index (χ4n) is 3.90. The molecule has 0 bridgehead atoms. The highest BCUT2D eigenvalue weighted by molar-refractivity contribution is 5.95. The van der Waals surface area contributed by atoms with Gasteiger partial charge in [-0.15, -0.1) is 0 Å². The zero-order chi connectivity index (χ0) is 22.0. The number of carbonyl (C=O) groups excluding carboxylic acids is 4. The molecule has 0 N–H and O–H groups in total. The van der Waals surface area contributed by atoms with Gasteiger partial charge >= 0.3 is 17.9 Å². The molecule has 2 aliphatic heterocycles. The minimum atomic E-state index is -1.02. The van der Waals surface area contributed by atoms with E-state index >= 15 is 0 Å². The highest BCUT2D eigenvalue weighted by Crippen LogP contribution is 2.35. The third-order valence-corrected chi connectivity index (χ3v) is 5.05. The zero-order valence-electron chi connectivity index (χ0n) is 17.4. The Morgan fingerprint density at radius 1 is 0.933 bits per heavy atom. The predicted octanol–water partition coefficient (Wildman–Crippen LogP) is 1.40. The Morgan fingerprint density at radius 2 is 1.57 bits per heavy atom. The molecule has 30 heavy (non-hydrogen) atoms. The number of ketones is 1. The Balaban J connectivity index is 1.94. The Kier molecular flexibility index (Phi) is 6.40. The summed E-state index contributed by atoms with van der Waals surface area (Å²) >= 11 is 0. The van der Waals surface area contributed by atoms with Crippen LogP contribution in [0.15, 0.2) is 18.2 Å². The lowest BCUT2D eigenvalue weighted by Gasteiger charge is -2.44. The molecule has 4 atom stereocenters. The minimum Gasteiger partial charge on any atom is -0.456 e. The molecule has 0 amide bonds. The molecule has 9 nitrogen and oxygen atoms in total. The fourth-order valence-corrected chi connectivity index (χ4v) is 3.90. The quantitative estimate of drug-likeness (QED) is 0.397. The lowest BCUT2D eigenvalue weighted by Crippen LogP contribution is -2.62. The normalized spacial score (nSPS) is 25.3. The fraction of sp³-hybridized carbons (Fsp3) is 0.524. The number of fused-ring (bicyclic) bond motifs is 1. The van der Waals surface area contributed by atoms with Crippen LogP contribution >= 0.6 is 0 Å². The van der Waals surface area contributed by atoms with Crippen molar-refractivity contribution in [2.45, 2.75) is 58.7 Å². The summed E-state index contributed by atoms with van der Waals surface area (Å²) in [6.07, 6.45) is -3.02. The lowest BCUT2D eigenvalue weighted by atomic mass is 10.0. The third kappa shape index (κ3) is 4.62. The summed E-state index contributed by atoms with van der Waals surface area (Å²) in [5, 5.41) is 0. The van der Waals surface area contributed by atoms with E-state index in [2.05, 4.69) is 0 Å². The van der Waals surface area contributed by atoms with E-state index in [1.807, 2.05) is 17.0 Å². The molecule has 0 saturated carbocycles. The van der Waals surface area contributed by atoms with Crippen LogP contribution in [-0.2, 0) is 39.8 Å². The van der Waals surface area contributed by atoms with Crippen molar-refractivity contribution in [3.05, 3.63) is 29.3 Å². The molecule has 162 valence electrons. The van der Waals surface area contributed by atoms with Crippen LogP contribution in [0.3, 0.4) is 0 Å². The van der Waals surface area contributed by atoms with Gasteiger partial charge in [-0.3, -0.25) is 19.2 Å². The third-order valence-electron chi connectivity index (χ3n) is 5.05. The van der Waals surface area contributed by atoms with E-state index in [0.717, 1.165) is 11.3 Å². The lowest BCUT2D eigenvalue weighted by molar-refractivity contribution is -0.225. The van der Waals surface area contributed by atoms with Gasteiger partial charge in [0.25, 0.3) is 0 Å². The van der Waals surface area contributed by atoms with Crippen LogP contribution in [0.25, 0.3) is 0 Å². The van der Waals surface area contributed by atoms with Crippen molar-refractivity contribution in [1.29, 1.82) is 0 Å². The first kappa shape index (κ1) is 21.8. The van der Waals surface area contributed by atoms with E-state index in [1.54, 1.807) is 6.07 Å². The summed E-state index contributed by atoms with van der Waals surface area (Å²) in [6, 6.07) is 5.40. The highest BCUT2D eigenvalue weighted by Gasteiger charge is 2.49. The molecule has 1 saturated heterocycles. The number of benzene rings is 1. The van der Waals surface area contributed by atoms with Crippen LogP contribution < -0.4 is 4.90 Å². The Hall–Kier alpha value is -2.94. The molecule has 3 rings (SSSR count). The summed E-state index contributed by atoms with van der Waals surface area (Å²) in [5.41, 5.74) is 2.43. The second-order valence-electron chi connectivity index (χ2n) is 7.36.